The molecule has 1 N–H and O–H groups in total. The van der Waals surface area contributed by atoms with Crippen LogP contribution in [0.1, 0.15) is 40.0 Å². The van der Waals surface area contributed by atoms with E-state index in [2.05, 4.69) is 26.1 Å². The van der Waals surface area contributed by atoms with E-state index >= 15 is 0 Å². The molecule has 2 rings (SSSR count). The molecule has 1 atom stereocenters. The van der Waals surface area contributed by atoms with Crippen molar-refractivity contribution < 1.29 is 13.2 Å². The summed E-state index contributed by atoms with van der Waals surface area (Å²) in [5.74, 6) is 1.16. The van der Waals surface area contributed by atoms with Crippen LogP contribution in [0.25, 0.3) is 0 Å². The van der Waals surface area contributed by atoms with E-state index < -0.39 is 9.84 Å². The third-order valence-corrected chi connectivity index (χ3v) is 5.79. The molecule has 0 aromatic heterocycles. The fourth-order valence-corrected chi connectivity index (χ4v) is 4.30. The fourth-order valence-electron chi connectivity index (χ4n) is 2.71. The number of sulfone groups is 1. The van der Waals surface area contributed by atoms with E-state index in [4.69, 9.17) is 4.74 Å². The zero-order chi connectivity index (χ0) is 13.4. The molecule has 2 fully saturated rings. The summed E-state index contributed by atoms with van der Waals surface area (Å²) in [5.41, 5.74) is -0.0866. The van der Waals surface area contributed by atoms with Crippen molar-refractivity contribution in [3.8, 4) is 0 Å². The van der Waals surface area contributed by atoms with Crippen LogP contribution in [-0.4, -0.2) is 38.8 Å². The molecule has 5 heteroatoms. The van der Waals surface area contributed by atoms with Gasteiger partial charge in [0.15, 0.2) is 0 Å². The molecule has 4 nitrogen and oxygen atoms in total. The van der Waals surface area contributed by atoms with Crippen molar-refractivity contribution >= 4 is 9.84 Å². The van der Waals surface area contributed by atoms with E-state index in [9.17, 15) is 8.42 Å². The molecule has 0 aromatic rings. The Hall–Kier alpha value is -0.130. The molecule has 0 amide bonds. The van der Waals surface area contributed by atoms with E-state index in [0.29, 0.717) is 17.4 Å². The number of hydrogen-bond donors (Lipinski definition) is 1. The Kier molecular flexibility index (Phi) is 3.78. The van der Waals surface area contributed by atoms with Crippen molar-refractivity contribution in [3.63, 3.8) is 0 Å². The van der Waals surface area contributed by atoms with Crippen LogP contribution in [-0.2, 0) is 14.6 Å². The van der Waals surface area contributed by atoms with Gasteiger partial charge in [-0.15, -0.1) is 0 Å². The van der Waals surface area contributed by atoms with Gasteiger partial charge in [0.1, 0.15) is 15.6 Å². The lowest BCUT2D eigenvalue weighted by atomic mass is 9.88. The molecule has 2 saturated heterocycles. The first-order valence-corrected chi connectivity index (χ1v) is 8.61. The maximum atomic E-state index is 11.4. The van der Waals surface area contributed by atoms with Gasteiger partial charge in [0, 0.05) is 12.0 Å². The second-order valence-corrected chi connectivity index (χ2v) is 9.14. The predicted octanol–water partition coefficient (Wildman–Crippen LogP) is 1.56. The third-order valence-electron chi connectivity index (χ3n) is 4.07. The first-order chi connectivity index (χ1) is 8.20. The van der Waals surface area contributed by atoms with Gasteiger partial charge in [-0.25, -0.2) is 8.42 Å². The van der Waals surface area contributed by atoms with Crippen molar-refractivity contribution in [2.75, 3.05) is 24.7 Å². The Morgan fingerprint density at radius 1 is 1.22 bits per heavy atom. The normalized spacial score (nSPS) is 36.4. The van der Waals surface area contributed by atoms with Gasteiger partial charge in [0.05, 0.1) is 18.1 Å². The van der Waals surface area contributed by atoms with Crippen molar-refractivity contribution in [2.45, 2.75) is 45.8 Å². The average Bonchev–Trinajstić information content (AvgIpc) is 2.27. The average molecular weight is 275 g/mol. The standard InChI is InChI=1S/C13H25NO3S/c1-12(2)9-14-13(3,17-10-12)8-11-4-6-18(15,16)7-5-11/h11,14H,4-10H2,1-3H3. The van der Waals surface area contributed by atoms with Gasteiger partial charge in [0.2, 0.25) is 0 Å². The van der Waals surface area contributed by atoms with E-state index in [0.717, 1.165) is 32.4 Å². The lowest BCUT2D eigenvalue weighted by Crippen LogP contribution is -2.56. The van der Waals surface area contributed by atoms with E-state index in [1.54, 1.807) is 0 Å². The van der Waals surface area contributed by atoms with Crippen LogP contribution in [0.2, 0.25) is 0 Å². The molecule has 2 aliphatic rings. The molecule has 0 spiro atoms. The minimum atomic E-state index is -2.76. The summed E-state index contributed by atoms with van der Waals surface area (Å²) in [7, 11) is -2.76. The topological polar surface area (TPSA) is 55.4 Å². The van der Waals surface area contributed by atoms with Gasteiger partial charge in [-0.2, -0.15) is 0 Å². The largest absolute Gasteiger partial charge is 0.360 e. The van der Waals surface area contributed by atoms with Crippen LogP contribution in [0.15, 0.2) is 0 Å². The first kappa shape index (κ1) is 14.3. The van der Waals surface area contributed by atoms with Crippen molar-refractivity contribution in [3.05, 3.63) is 0 Å². The number of nitrogens with one attached hydrogen (secondary N) is 1. The summed E-state index contributed by atoms with van der Waals surface area (Å²) in [5, 5.41) is 3.48. The van der Waals surface area contributed by atoms with Gasteiger partial charge in [-0.1, -0.05) is 13.8 Å². The Labute approximate surface area is 110 Å². The lowest BCUT2D eigenvalue weighted by Gasteiger charge is -2.44. The molecule has 0 saturated carbocycles. The maximum absolute atomic E-state index is 11.4. The van der Waals surface area contributed by atoms with Crippen molar-refractivity contribution in [1.29, 1.82) is 0 Å². The van der Waals surface area contributed by atoms with Crippen LogP contribution in [0.4, 0.5) is 0 Å². The molecule has 18 heavy (non-hydrogen) atoms. The minimum absolute atomic E-state index is 0.190. The number of hydrogen-bond acceptors (Lipinski definition) is 4. The quantitative estimate of drug-likeness (QED) is 0.831. The summed E-state index contributed by atoms with van der Waals surface area (Å²) >= 11 is 0. The molecule has 2 aliphatic heterocycles. The molecule has 0 radical (unpaired) electrons. The van der Waals surface area contributed by atoms with Crippen molar-refractivity contribution in [2.24, 2.45) is 11.3 Å². The van der Waals surface area contributed by atoms with Gasteiger partial charge < -0.3 is 4.74 Å². The number of rotatable bonds is 2. The van der Waals surface area contributed by atoms with Crippen LogP contribution < -0.4 is 5.32 Å². The summed E-state index contributed by atoms with van der Waals surface area (Å²) in [6.45, 7) is 8.18. The first-order valence-electron chi connectivity index (χ1n) is 6.79. The highest BCUT2D eigenvalue weighted by Gasteiger charge is 2.38. The Morgan fingerprint density at radius 3 is 2.33 bits per heavy atom. The lowest BCUT2D eigenvalue weighted by molar-refractivity contribution is -0.137. The molecule has 1 unspecified atom stereocenters. The van der Waals surface area contributed by atoms with E-state index in [1.165, 1.54) is 0 Å². The Balaban J connectivity index is 1.87. The monoisotopic (exact) mass is 275 g/mol. The fraction of sp³-hybridized carbons (Fsp3) is 1.00. The highest BCUT2D eigenvalue weighted by atomic mass is 32.2. The summed E-state index contributed by atoms with van der Waals surface area (Å²) < 4.78 is 28.8. The van der Waals surface area contributed by atoms with Gasteiger partial charge in [-0.05, 0) is 32.1 Å². The molecule has 0 bridgehead atoms. The Morgan fingerprint density at radius 2 is 1.83 bits per heavy atom. The second kappa shape index (κ2) is 4.76. The molecular formula is C13H25NO3S. The number of ether oxygens (including phenoxy) is 1. The summed E-state index contributed by atoms with van der Waals surface area (Å²) in [6.07, 6.45) is 2.48. The zero-order valence-corrected chi connectivity index (χ0v) is 12.5. The summed E-state index contributed by atoms with van der Waals surface area (Å²) in [6, 6.07) is 0. The second-order valence-electron chi connectivity index (χ2n) is 6.84. The molecule has 106 valence electrons. The predicted molar refractivity (Wildman–Crippen MR) is 72.1 cm³/mol. The minimum Gasteiger partial charge on any atom is -0.360 e. The van der Waals surface area contributed by atoms with E-state index in [1.807, 2.05) is 0 Å². The zero-order valence-electron chi connectivity index (χ0n) is 11.7. The van der Waals surface area contributed by atoms with Crippen LogP contribution in [0.3, 0.4) is 0 Å². The van der Waals surface area contributed by atoms with E-state index in [-0.39, 0.29) is 11.1 Å². The maximum Gasteiger partial charge on any atom is 0.150 e. The highest BCUT2D eigenvalue weighted by Crippen LogP contribution is 2.32. The van der Waals surface area contributed by atoms with Crippen molar-refractivity contribution in [1.82, 2.24) is 5.32 Å². The molecule has 0 aliphatic carbocycles. The molecular weight excluding hydrogens is 250 g/mol. The van der Waals surface area contributed by atoms with Crippen LogP contribution in [0.5, 0.6) is 0 Å². The SMILES string of the molecule is CC1(C)CNC(C)(CC2CCS(=O)(=O)CC2)OC1. The van der Waals surface area contributed by atoms with Gasteiger partial charge in [-0.3, -0.25) is 5.32 Å². The summed E-state index contributed by atoms with van der Waals surface area (Å²) in [4.78, 5) is 0. The van der Waals surface area contributed by atoms with Crippen LogP contribution in [0, 0.1) is 11.3 Å². The smallest absolute Gasteiger partial charge is 0.150 e. The van der Waals surface area contributed by atoms with Gasteiger partial charge >= 0.3 is 0 Å². The van der Waals surface area contributed by atoms with Gasteiger partial charge in [0.25, 0.3) is 0 Å². The highest BCUT2D eigenvalue weighted by molar-refractivity contribution is 7.91. The van der Waals surface area contributed by atoms with Crippen LogP contribution >= 0.6 is 0 Å². The molecule has 0 aromatic carbocycles. The third kappa shape index (κ3) is 3.68. The Bertz CT molecular complexity index is 378. The molecule has 2 heterocycles.